The predicted octanol–water partition coefficient (Wildman–Crippen LogP) is 3.10. The van der Waals surface area contributed by atoms with Gasteiger partial charge in [0.05, 0.1) is 5.56 Å². The van der Waals surface area contributed by atoms with Crippen molar-refractivity contribution in [2.75, 3.05) is 5.32 Å². The molecule has 2 aromatic rings. The number of hydrogen-bond donors (Lipinski definition) is 1. The fourth-order valence-corrected chi connectivity index (χ4v) is 5.00. The van der Waals surface area contributed by atoms with Gasteiger partial charge in [0, 0.05) is 20.9 Å². The third-order valence-corrected chi connectivity index (χ3v) is 6.43. The molecule has 0 aliphatic carbocycles. The topological polar surface area (TPSA) is 83.6 Å². The molecule has 1 aliphatic heterocycles. The lowest BCUT2D eigenvalue weighted by Gasteiger charge is -2.18. The van der Waals surface area contributed by atoms with Gasteiger partial charge < -0.3 is 5.32 Å². The van der Waals surface area contributed by atoms with Crippen LogP contribution in [0.25, 0.3) is 0 Å². The van der Waals surface area contributed by atoms with Crippen LogP contribution in [-0.2, 0) is 10.0 Å². The zero-order valence-corrected chi connectivity index (χ0v) is 16.5. The van der Waals surface area contributed by atoms with Crippen molar-refractivity contribution in [3.8, 4) is 0 Å². The second-order valence-electron chi connectivity index (χ2n) is 5.88. The molecule has 0 unspecified atom stereocenters. The van der Waals surface area contributed by atoms with Gasteiger partial charge in [-0.25, -0.2) is 12.7 Å². The van der Waals surface area contributed by atoms with Gasteiger partial charge in [0.2, 0.25) is 0 Å². The molecule has 0 aromatic heterocycles. The quantitative estimate of drug-likeness (QED) is 0.700. The number of nitrogens with zero attached hydrogens (tertiary/aromatic N) is 1. The second-order valence-corrected chi connectivity index (χ2v) is 8.90. The first kappa shape index (κ1) is 17.9. The highest BCUT2D eigenvalue weighted by Gasteiger charge is 2.42. The van der Waals surface area contributed by atoms with Crippen LogP contribution in [0, 0.1) is 3.57 Å². The molecule has 130 valence electrons. The van der Waals surface area contributed by atoms with Crippen LogP contribution in [0.2, 0.25) is 0 Å². The highest BCUT2D eigenvalue weighted by Crippen LogP contribution is 2.32. The Hall–Kier alpha value is -1.94. The molecule has 6 nitrogen and oxygen atoms in total. The number of rotatable bonds is 3. The number of nitrogens with one attached hydrogen (secondary N) is 1. The maximum Gasteiger partial charge on any atom is 0.269 e. The third kappa shape index (κ3) is 3.15. The maximum absolute atomic E-state index is 12.6. The fourth-order valence-electron chi connectivity index (χ4n) is 2.67. The van der Waals surface area contributed by atoms with Crippen molar-refractivity contribution in [2.45, 2.75) is 24.8 Å². The minimum atomic E-state index is -3.93. The molecule has 0 saturated carbocycles. The number of fused-ring (bicyclic) bond motifs is 1. The Kier molecular flexibility index (Phi) is 4.58. The number of benzene rings is 2. The molecular formula is C17H15IN2O4S. The molecule has 0 spiro atoms. The van der Waals surface area contributed by atoms with Gasteiger partial charge >= 0.3 is 0 Å². The Bertz CT molecular complexity index is 986. The van der Waals surface area contributed by atoms with Gasteiger partial charge in [-0.05, 0) is 72.8 Å². The van der Waals surface area contributed by atoms with Crippen LogP contribution < -0.4 is 5.32 Å². The normalized spacial score (nSPS) is 15.4. The molecule has 0 fully saturated rings. The summed E-state index contributed by atoms with van der Waals surface area (Å²) >= 11 is 2.13. The van der Waals surface area contributed by atoms with E-state index in [-0.39, 0.29) is 16.0 Å². The van der Waals surface area contributed by atoms with Crippen molar-refractivity contribution >= 4 is 50.1 Å². The Morgan fingerprint density at radius 3 is 2.52 bits per heavy atom. The monoisotopic (exact) mass is 470 g/mol. The van der Waals surface area contributed by atoms with Gasteiger partial charge in [0.15, 0.2) is 0 Å². The molecule has 8 heteroatoms. The zero-order chi connectivity index (χ0) is 18.4. The minimum Gasteiger partial charge on any atom is -0.322 e. The minimum absolute atomic E-state index is 0.0968. The molecule has 2 aromatic carbocycles. The van der Waals surface area contributed by atoms with Crippen LogP contribution in [0.1, 0.15) is 34.6 Å². The summed E-state index contributed by atoms with van der Waals surface area (Å²) < 4.78 is 27.0. The first-order valence-electron chi connectivity index (χ1n) is 7.51. The van der Waals surface area contributed by atoms with Crippen molar-refractivity contribution in [3.63, 3.8) is 0 Å². The predicted molar refractivity (Wildman–Crippen MR) is 102 cm³/mol. The molecule has 25 heavy (non-hydrogen) atoms. The van der Waals surface area contributed by atoms with E-state index in [9.17, 15) is 18.0 Å². The molecular weight excluding hydrogens is 455 g/mol. The number of sulfonamides is 1. The number of carbonyl (C=O) groups is 2. The van der Waals surface area contributed by atoms with Gasteiger partial charge in [0.25, 0.3) is 21.8 Å². The van der Waals surface area contributed by atoms with E-state index in [2.05, 4.69) is 27.9 Å². The van der Waals surface area contributed by atoms with Crippen LogP contribution in [0.4, 0.5) is 5.69 Å². The molecule has 0 atom stereocenters. The van der Waals surface area contributed by atoms with Gasteiger partial charge in [-0.2, -0.15) is 0 Å². The lowest BCUT2D eigenvalue weighted by molar-refractivity contribution is 0.0846. The maximum atomic E-state index is 12.6. The van der Waals surface area contributed by atoms with E-state index in [0.717, 1.165) is 7.88 Å². The first-order chi connectivity index (χ1) is 11.7. The summed E-state index contributed by atoms with van der Waals surface area (Å²) in [4.78, 5) is 24.6. The number of amides is 2. The SMILES string of the molecule is CC(C)N1C(=O)c2ccc(C(=O)Nc3cccc(I)c3)cc2S1(=O)=O. The molecule has 0 saturated heterocycles. The molecule has 1 aliphatic rings. The number of hydrogen-bond acceptors (Lipinski definition) is 4. The molecule has 1 N–H and O–H groups in total. The molecule has 0 bridgehead atoms. The second kappa shape index (κ2) is 6.41. The van der Waals surface area contributed by atoms with Crippen LogP contribution in [0.5, 0.6) is 0 Å². The summed E-state index contributed by atoms with van der Waals surface area (Å²) in [7, 11) is -3.93. The van der Waals surface area contributed by atoms with Gasteiger partial charge in [0.1, 0.15) is 4.90 Å². The van der Waals surface area contributed by atoms with Crippen LogP contribution in [0.15, 0.2) is 47.4 Å². The van der Waals surface area contributed by atoms with Gasteiger partial charge in [-0.15, -0.1) is 0 Å². The highest BCUT2D eigenvalue weighted by atomic mass is 127. The van der Waals surface area contributed by atoms with E-state index in [1.165, 1.54) is 18.2 Å². The lowest BCUT2D eigenvalue weighted by atomic mass is 10.1. The standard InChI is InChI=1S/C17H15IN2O4S/c1-10(2)20-17(22)14-7-6-11(8-15(14)25(20,23)24)16(21)19-13-5-3-4-12(18)9-13/h3-10H,1-2H3,(H,19,21). The Morgan fingerprint density at radius 2 is 1.88 bits per heavy atom. The molecule has 1 heterocycles. The van der Waals surface area contributed by atoms with Crippen molar-refractivity contribution in [1.82, 2.24) is 4.31 Å². The van der Waals surface area contributed by atoms with Crippen molar-refractivity contribution in [3.05, 3.63) is 57.2 Å². The van der Waals surface area contributed by atoms with Crippen LogP contribution in [0.3, 0.4) is 0 Å². The first-order valence-corrected chi connectivity index (χ1v) is 10.0. The van der Waals surface area contributed by atoms with E-state index < -0.39 is 27.9 Å². The van der Waals surface area contributed by atoms with Gasteiger partial charge in [-0.3, -0.25) is 9.59 Å². The Labute approximate surface area is 159 Å². The third-order valence-electron chi connectivity index (χ3n) is 3.76. The van der Waals surface area contributed by atoms with Crippen molar-refractivity contribution < 1.29 is 18.0 Å². The molecule has 3 rings (SSSR count). The van der Waals surface area contributed by atoms with Crippen LogP contribution >= 0.6 is 22.6 Å². The van der Waals surface area contributed by atoms with E-state index in [1.54, 1.807) is 26.0 Å². The van der Waals surface area contributed by atoms with Crippen molar-refractivity contribution in [1.29, 1.82) is 0 Å². The average molecular weight is 470 g/mol. The molecule has 2 amide bonds. The summed E-state index contributed by atoms with van der Waals surface area (Å²) in [6.45, 7) is 3.26. The summed E-state index contributed by atoms with van der Waals surface area (Å²) in [6.07, 6.45) is 0. The highest BCUT2D eigenvalue weighted by molar-refractivity contribution is 14.1. The summed E-state index contributed by atoms with van der Waals surface area (Å²) in [5.41, 5.74) is 0.888. The Morgan fingerprint density at radius 1 is 1.16 bits per heavy atom. The van der Waals surface area contributed by atoms with E-state index in [1.807, 2.05) is 12.1 Å². The summed E-state index contributed by atoms with van der Waals surface area (Å²) in [6, 6.07) is 10.9. The molecule has 0 radical (unpaired) electrons. The van der Waals surface area contributed by atoms with Gasteiger partial charge in [-0.1, -0.05) is 6.07 Å². The lowest BCUT2D eigenvalue weighted by Crippen LogP contribution is -2.36. The van der Waals surface area contributed by atoms with E-state index >= 15 is 0 Å². The smallest absolute Gasteiger partial charge is 0.269 e. The zero-order valence-electron chi connectivity index (χ0n) is 13.5. The van der Waals surface area contributed by atoms with Crippen molar-refractivity contribution in [2.24, 2.45) is 0 Å². The van der Waals surface area contributed by atoms with Crippen LogP contribution in [-0.4, -0.2) is 30.6 Å². The van der Waals surface area contributed by atoms with E-state index in [0.29, 0.717) is 5.69 Å². The average Bonchev–Trinajstić information content (AvgIpc) is 2.73. The summed E-state index contributed by atoms with van der Waals surface area (Å²) in [5.74, 6) is -0.995. The fraction of sp³-hybridized carbons (Fsp3) is 0.176. The Balaban J connectivity index is 1.96. The number of anilines is 1. The number of halogens is 1. The largest absolute Gasteiger partial charge is 0.322 e. The van der Waals surface area contributed by atoms with E-state index in [4.69, 9.17) is 0 Å². The number of carbonyl (C=O) groups excluding carboxylic acids is 2. The summed E-state index contributed by atoms with van der Waals surface area (Å²) in [5, 5.41) is 2.73.